The van der Waals surface area contributed by atoms with Crippen molar-refractivity contribution in [2.45, 2.75) is 107 Å². The van der Waals surface area contributed by atoms with Crippen LogP contribution in [-0.4, -0.2) is 0 Å². The van der Waals surface area contributed by atoms with Crippen LogP contribution in [0.3, 0.4) is 0 Å². The number of hydrogen-bond acceptors (Lipinski definition) is 0. The first kappa shape index (κ1) is 24.0. The van der Waals surface area contributed by atoms with Gasteiger partial charge in [-0.1, -0.05) is 107 Å². The predicted octanol–water partition coefficient (Wildman–Crippen LogP) is 7.72. The Bertz CT molecular complexity index is 112. The molecule has 0 aromatic heterocycles. The summed E-state index contributed by atoms with van der Waals surface area (Å²) in [7, 11) is 0. The van der Waals surface area contributed by atoms with Crippen molar-refractivity contribution in [3.8, 4) is 0 Å². The molecule has 0 heteroatoms. The fraction of sp³-hybridized carbons (Fsp3) is 1.00. The van der Waals surface area contributed by atoms with Gasteiger partial charge < -0.3 is 0 Å². The van der Waals surface area contributed by atoms with Crippen LogP contribution in [0.5, 0.6) is 0 Å². The summed E-state index contributed by atoms with van der Waals surface area (Å²) in [4.78, 5) is 0. The third-order valence-corrected chi connectivity index (χ3v) is 2.68. The molecule has 0 rings (SSSR count). The minimum Gasteiger partial charge on any atom is -0.0656 e. The normalized spacial score (nSPS) is 10.1. The van der Waals surface area contributed by atoms with Crippen molar-refractivity contribution in [3.63, 3.8) is 0 Å². The zero-order valence-corrected chi connectivity index (χ0v) is 15.7. The summed E-state index contributed by atoms with van der Waals surface area (Å²) in [6, 6.07) is 0. The van der Waals surface area contributed by atoms with Gasteiger partial charge in [-0.05, 0) is 17.8 Å². The smallest absolute Gasteiger partial charge is 0.0471 e. The second-order valence-electron chi connectivity index (χ2n) is 6.96. The molecular formula is C19H44. The lowest BCUT2D eigenvalue weighted by molar-refractivity contribution is 0.483. The zero-order chi connectivity index (χ0) is 15.7. The minimum atomic E-state index is 0.896. The van der Waals surface area contributed by atoms with E-state index >= 15 is 0 Å². The molecular weight excluding hydrogens is 228 g/mol. The maximum absolute atomic E-state index is 2.30. The molecule has 0 aromatic rings. The van der Waals surface area contributed by atoms with Crippen molar-refractivity contribution in [1.82, 2.24) is 0 Å². The molecule has 0 aliphatic carbocycles. The average molecular weight is 273 g/mol. The van der Waals surface area contributed by atoms with Gasteiger partial charge in [-0.25, -0.2) is 0 Å². The maximum atomic E-state index is 2.30. The monoisotopic (exact) mass is 272 g/mol. The van der Waals surface area contributed by atoms with Gasteiger partial charge in [0.15, 0.2) is 0 Å². The van der Waals surface area contributed by atoms with Crippen LogP contribution in [0.1, 0.15) is 107 Å². The topological polar surface area (TPSA) is 0 Å². The second-order valence-corrected chi connectivity index (χ2v) is 6.96. The fourth-order valence-electron chi connectivity index (χ4n) is 1.68. The SMILES string of the molecule is CC(C)CCCCC(C)C.CCC.CCCC(C)C. The molecule has 0 aliphatic rings. The first-order valence-corrected chi connectivity index (χ1v) is 8.81. The summed E-state index contributed by atoms with van der Waals surface area (Å²) < 4.78 is 0. The molecule has 0 aliphatic heterocycles. The first-order valence-electron chi connectivity index (χ1n) is 8.81. The molecule has 0 amide bonds. The fourth-order valence-corrected chi connectivity index (χ4v) is 1.68. The van der Waals surface area contributed by atoms with E-state index in [0.29, 0.717) is 0 Å². The molecule has 0 N–H and O–H groups in total. The lowest BCUT2D eigenvalue weighted by Crippen LogP contribution is -1.90. The Kier molecular flexibility index (Phi) is 25.7. The van der Waals surface area contributed by atoms with Crippen LogP contribution in [0.2, 0.25) is 0 Å². The summed E-state index contributed by atoms with van der Waals surface area (Å²) in [6.45, 7) is 20.2. The van der Waals surface area contributed by atoms with Crippen molar-refractivity contribution in [2.75, 3.05) is 0 Å². The first-order chi connectivity index (χ1) is 8.81. The van der Waals surface area contributed by atoms with Gasteiger partial charge in [0.05, 0.1) is 0 Å². The molecule has 120 valence electrons. The zero-order valence-electron chi connectivity index (χ0n) is 15.7. The van der Waals surface area contributed by atoms with E-state index in [-0.39, 0.29) is 0 Å². The minimum absolute atomic E-state index is 0.896. The maximum Gasteiger partial charge on any atom is -0.0471 e. The molecule has 0 bridgehead atoms. The van der Waals surface area contributed by atoms with E-state index in [1.807, 2.05) is 0 Å². The summed E-state index contributed by atoms with van der Waals surface area (Å²) in [5.74, 6) is 2.69. The summed E-state index contributed by atoms with van der Waals surface area (Å²) in [5, 5.41) is 0. The van der Waals surface area contributed by atoms with E-state index in [2.05, 4.69) is 62.3 Å². The number of rotatable bonds is 7. The second kappa shape index (κ2) is 20.3. The lowest BCUT2D eigenvalue weighted by atomic mass is 10.0. The molecule has 0 aromatic carbocycles. The van der Waals surface area contributed by atoms with Gasteiger partial charge in [-0.15, -0.1) is 0 Å². The molecule has 0 fully saturated rings. The van der Waals surface area contributed by atoms with Crippen LogP contribution in [0, 0.1) is 17.8 Å². The largest absolute Gasteiger partial charge is 0.0656 e. The molecule has 0 saturated heterocycles. The van der Waals surface area contributed by atoms with Crippen LogP contribution in [0.4, 0.5) is 0 Å². The van der Waals surface area contributed by atoms with Crippen molar-refractivity contribution in [3.05, 3.63) is 0 Å². The van der Waals surface area contributed by atoms with Gasteiger partial charge in [0, 0.05) is 0 Å². The van der Waals surface area contributed by atoms with E-state index in [0.717, 1.165) is 17.8 Å². The molecule has 0 atom stereocenters. The number of unbranched alkanes of at least 4 members (excludes halogenated alkanes) is 1. The molecule has 0 heterocycles. The molecule has 19 heavy (non-hydrogen) atoms. The Hall–Kier alpha value is 0. The Morgan fingerprint density at radius 2 is 0.789 bits per heavy atom. The third-order valence-electron chi connectivity index (χ3n) is 2.68. The van der Waals surface area contributed by atoms with Crippen LogP contribution >= 0.6 is 0 Å². The molecule has 0 radical (unpaired) electrons. The Labute approximate surface area is 125 Å². The van der Waals surface area contributed by atoms with Gasteiger partial charge in [-0.3, -0.25) is 0 Å². The highest BCUT2D eigenvalue weighted by molar-refractivity contribution is 4.49. The van der Waals surface area contributed by atoms with Crippen LogP contribution in [0.25, 0.3) is 0 Å². The highest BCUT2D eigenvalue weighted by Crippen LogP contribution is 2.11. The Balaban J connectivity index is -0.000000242. The van der Waals surface area contributed by atoms with Gasteiger partial charge in [0.1, 0.15) is 0 Å². The van der Waals surface area contributed by atoms with E-state index < -0.39 is 0 Å². The van der Waals surface area contributed by atoms with Gasteiger partial charge in [-0.2, -0.15) is 0 Å². The highest BCUT2D eigenvalue weighted by atomic mass is 14.0. The van der Waals surface area contributed by atoms with E-state index in [1.165, 1.54) is 44.9 Å². The summed E-state index contributed by atoms with van der Waals surface area (Å²) in [6.07, 6.45) is 9.63. The molecule has 0 spiro atoms. The Morgan fingerprint density at radius 3 is 0.895 bits per heavy atom. The molecule has 0 nitrogen and oxygen atoms in total. The quantitative estimate of drug-likeness (QED) is 0.416. The van der Waals surface area contributed by atoms with Crippen LogP contribution in [0.15, 0.2) is 0 Å². The third kappa shape index (κ3) is 46.1. The van der Waals surface area contributed by atoms with Crippen molar-refractivity contribution in [1.29, 1.82) is 0 Å². The lowest BCUT2D eigenvalue weighted by Gasteiger charge is -2.05. The van der Waals surface area contributed by atoms with E-state index in [9.17, 15) is 0 Å². The highest BCUT2D eigenvalue weighted by Gasteiger charge is 1.95. The van der Waals surface area contributed by atoms with Crippen LogP contribution in [-0.2, 0) is 0 Å². The van der Waals surface area contributed by atoms with E-state index in [1.54, 1.807) is 0 Å². The summed E-state index contributed by atoms with van der Waals surface area (Å²) in [5.41, 5.74) is 0. The van der Waals surface area contributed by atoms with Gasteiger partial charge in [0.2, 0.25) is 0 Å². The standard InChI is InChI=1S/C10H22.C6H14.C3H8/c1-9(2)7-5-6-8-10(3)4;1-4-5-6(2)3;1-3-2/h9-10H,5-8H2,1-4H3;6H,4-5H2,1-3H3;3H2,1-2H3. The van der Waals surface area contributed by atoms with Crippen LogP contribution < -0.4 is 0 Å². The van der Waals surface area contributed by atoms with Crippen molar-refractivity contribution in [2.24, 2.45) is 17.8 Å². The van der Waals surface area contributed by atoms with Crippen molar-refractivity contribution >= 4 is 0 Å². The Morgan fingerprint density at radius 1 is 0.526 bits per heavy atom. The number of hydrogen-bond donors (Lipinski definition) is 0. The van der Waals surface area contributed by atoms with Gasteiger partial charge >= 0.3 is 0 Å². The van der Waals surface area contributed by atoms with Gasteiger partial charge in [0.25, 0.3) is 0 Å². The van der Waals surface area contributed by atoms with E-state index in [4.69, 9.17) is 0 Å². The predicted molar refractivity (Wildman–Crippen MR) is 93.9 cm³/mol. The molecule has 0 unspecified atom stereocenters. The van der Waals surface area contributed by atoms with Crippen molar-refractivity contribution < 1.29 is 0 Å². The molecule has 0 saturated carbocycles. The average Bonchev–Trinajstić information content (AvgIpc) is 2.25. The summed E-state index contributed by atoms with van der Waals surface area (Å²) >= 11 is 0.